The summed E-state index contributed by atoms with van der Waals surface area (Å²) in [6, 6.07) is 13.5. The molecule has 0 aromatic heterocycles. The van der Waals surface area contributed by atoms with Crippen molar-refractivity contribution in [3.05, 3.63) is 70.3 Å². The quantitative estimate of drug-likeness (QED) is 0.788. The summed E-state index contributed by atoms with van der Waals surface area (Å²) in [5.41, 5.74) is 5.10. The largest absolute Gasteiger partial charge is 0.293 e. The highest BCUT2D eigenvalue weighted by atomic mass is 32.2. The van der Waals surface area contributed by atoms with Crippen LogP contribution in [0, 0.1) is 20.8 Å². The molecular formula is C18H20O2S. The molecule has 0 fully saturated rings. The lowest BCUT2D eigenvalue weighted by Crippen LogP contribution is -2.12. The molecule has 2 aromatic carbocycles. The van der Waals surface area contributed by atoms with Crippen LogP contribution in [0.15, 0.2) is 42.5 Å². The highest BCUT2D eigenvalue weighted by Gasteiger charge is 2.11. The molecule has 0 aliphatic carbocycles. The van der Waals surface area contributed by atoms with E-state index in [1.807, 2.05) is 45.0 Å². The average molecular weight is 300 g/mol. The Morgan fingerprint density at radius 1 is 0.905 bits per heavy atom. The number of carbonyl (C=O) groups is 1. The Bertz CT molecular complexity index is 652. The Balaban J connectivity index is 2.01. The summed E-state index contributed by atoms with van der Waals surface area (Å²) in [6.45, 7) is 6.03. The van der Waals surface area contributed by atoms with Crippen molar-refractivity contribution < 1.29 is 9.00 Å². The third kappa shape index (κ3) is 4.64. The monoisotopic (exact) mass is 300 g/mol. The minimum atomic E-state index is -1.17. The van der Waals surface area contributed by atoms with E-state index >= 15 is 0 Å². The van der Waals surface area contributed by atoms with Crippen molar-refractivity contribution in [3.63, 3.8) is 0 Å². The summed E-state index contributed by atoms with van der Waals surface area (Å²) in [6.07, 6.45) is 0. The van der Waals surface area contributed by atoms with Gasteiger partial charge in [-0.3, -0.25) is 9.00 Å². The van der Waals surface area contributed by atoms with Gasteiger partial charge in [-0.1, -0.05) is 59.2 Å². The van der Waals surface area contributed by atoms with Gasteiger partial charge in [0.15, 0.2) is 5.78 Å². The maximum absolute atomic E-state index is 12.2. The highest BCUT2D eigenvalue weighted by molar-refractivity contribution is 7.85. The SMILES string of the molecule is Cc1ccc(C(=O)CS(=O)Cc2cc(C)cc(C)c2)cc1. The van der Waals surface area contributed by atoms with E-state index in [1.165, 1.54) is 0 Å². The molecule has 1 unspecified atom stereocenters. The first-order valence-corrected chi connectivity index (χ1v) is 8.45. The molecule has 0 aliphatic rings. The molecule has 0 heterocycles. The molecule has 1 atom stereocenters. The van der Waals surface area contributed by atoms with Crippen LogP contribution in [0.3, 0.4) is 0 Å². The second kappa shape index (κ2) is 6.81. The number of benzene rings is 2. The summed E-state index contributed by atoms with van der Waals surface area (Å²) in [5.74, 6) is 0.452. The molecule has 0 bridgehead atoms. The first-order chi connectivity index (χ1) is 9.94. The van der Waals surface area contributed by atoms with Gasteiger partial charge < -0.3 is 0 Å². The zero-order chi connectivity index (χ0) is 15.4. The second-order valence-electron chi connectivity index (χ2n) is 5.51. The Hall–Kier alpha value is -1.74. The molecule has 0 amide bonds. The lowest BCUT2D eigenvalue weighted by molar-refractivity contribution is 0.102. The molecule has 110 valence electrons. The van der Waals surface area contributed by atoms with Gasteiger partial charge in [0.1, 0.15) is 0 Å². The zero-order valence-electron chi connectivity index (χ0n) is 12.7. The molecule has 2 rings (SSSR count). The Labute approximate surface area is 128 Å². The Morgan fingerprint density at radius 3 is 2.05 bits per heavy atom. The lowest BCUT2D eigenvalue weighted by Gasteiger charge is -2.06. The average Bonchev–Trinajstić information content (AvgIpc) is 2.37. The van der Waals surface area contributed by atoms with E-state index in [9.17, 15) is 9.00 Å². The minimum absolute atomic E-state index is 0.0577. The van der Waals surface area contributed by atoms with E-state index in [4.69, 9.17) is 0 Å². The molecule has 0 N–H and O–H groups in total. The summed E-state index contributed by atoms with van der Waals surface area (Å²) < 4.78 is 12.2. The molecule has 0 radical (unpaired) electrons. The van der Waals surface area contributed by atoms with Crippen LogP contribution in [-0.2, 0) is 16.6 Å². The second-order valence-corrected chi connectivity index (χ2v) is 6.97. The fraction of sp³-hybridized carbons (Fsp3) is 0.278. The maximum atomic E-state index is 12.2. The van der Waals surface area contributed by atoms with Gasteiger partial charge in [0, 0.05) is 22.1 Å². The van der Waals surface area contributed by atoms with Gasteiger partial charge in [-0.05, 0) is 26.3 Å². The van der Waals surface area contributed by atoms with Crippen LogP contribution in [0.5, 0.6) is 0 Å². The summed E-state index contributed by atoms with van der Waals surface area (Å²) in [5, 5.41) is 0. The van der Waals surface area contributed by atoms with Gasteiger partial charge >= 0.3 is 0 Å². The van der Waals surface area contributed by atoms with Crippen LogP contribution >= 0.6 is 0 Å². The number of Topliss-reactive ketones (excluding diaryl/α,β-unsaturated/α-hetero) is 1. The van der Waals surface area contributed by atoms with Crippen molar-refractivity contribution in [2.24, 2.45) is 0 Å². The maximum Gasteiger partial charge on any atom is 0.175 e. The molecular weight excluding hydrogens is 280 g/mol. The van der Waals surface area contributed by atoms with E-state index in [2.05, 4.69) is 6.07 Å². The zero-order valence-corrected chi connectivity index (χ0v) is 13.5. The third-order valence-corrected chi connectivity index (χ3v) is 4.51. The van der Waals surface area contributed by atoms with Crippen LogP contribution < -0.4 is 0 Å². The van der Waals surface area contributed by atoms with Crippen LogP contribution in [0.25, 0.3) is 0 Å². The standard InChI is InChI=1S/C18H20O2S/c1-13-4-6-17(7-5-13)18(19)12-21(20)11-16-9-14(2)8-15(3)10-16/h4-10H,11-12H2,1-3H3. The molecule has 0 aliphatic heterocycles. The topological polar surface area (TPSA) is 34.1 Å². The molecule has 0 spiro atoms. The fourth-order valence-electron chi connectivity index (χ4n) is 2.36. The molecule has 21 heavy (non-hydrogen) atoms. The number of ketones is 1. The van der Waals surface area contributed by atoms with Gasteiger partial charge in [0.25, 0.3) is 0 Å². The van der Waals surface area contributed by atoms with Crippen LogP contribution in [-0.4, -0.2) is 15.7 Å². The van der Waals surface area contributed by atoms with Crippen molar-refractivity contribution >= 4 is 16.6 Å². The molecule has 3 heteroatoms. The van der Waals surface area contributed by atoms with Crippen molar-refractivity contribution in [1.29, 1.82) is 0 Å². The van der Waals surface area contributed by atoms with E-state index in [1.54, 1.807) is 12.1 Å². The number of hydrogen-bond donors (Lipinski definition) is 0. The smallest absolute Gasteiger partial charge is 0.175 e. The van der Waals surface area contributed by atoms with Gasteiger partial charge in [-0.2, -0.15) is 0 Å². The number of hydrogen-bond acceptors (Lipinski definition) is 2. The van der Waals surface area contributed by atoms with Crippen LogP contribution in [0.1, 0.15) is 32.6 Å². The van der Waals surface area contributed by atoms with E-state index in [-0.39, 0.29) is 11.5 Å². The van der Waals surface area contributed by atoms with Crippen molar-refractivity contribution in [2.45, 2.75) is 26.5 Å². The Morgan fingerprint density at radius 2 is 1.48 bits per heavy atom. The fourth-order valence-corrected chi connectivity index (χ4v) is 3.46. The van der Waals surface area contributed by atoms with Crippen LogP contribution in [0.4, 0.5) is 0 Å². The van der Waals surface area contributed by atoms with Crippen molar-refractivity contribution in [1.82, 2.24) is 0 Å². The first-order valence-electron chi connectivity index (χ1n) is 6.96. The first kappa shape index (κ1) is 15.6. The van der Waals surface area contributed by atoms with Gasteiger partial charge in [-0.15, -0.1) is 0 Å². The lowest BCUT2D eigenvalue weighted by atomic mass is 10.1. The molecule has 0 saturated heterocycles. The molecule has 2 aromatic rings. The summed E-state index contributed by atoms with van der Waals surface area (Å²) in [4.78, 5) is 12.1. The van der Waals surface area contributed by atoms with Gasteiger partial charge in [0.2, 0.25) is 0 Å². The predicted octanol–water partition coefficient (Wildman–Crippen LogP) is 3.74. The van der Waals surface area contributed by atoms with E-state index < -0.39 is 10.8 Å². The van der Waals surface area contributed by atoms with Crippen molar-refractivity contribution in [3.8, 4) is 0 Å². The number of rotatable bonds is 5. The predicted molar refractivity (Wildman–Crippen MR) is 88.1 cm³/mol. The third-order valence-electron chi connectivity index (χ3n) is 3.27. The molecule has 0 saturated carbocycles. The Kier molecular flexibility index (Phi) is 5.07. The normalized spacial score (nSPS) is 12.1. The van der Waals surface area contributed by atoms with Gasteiger partial charge in [0.05, 0.1) is 5.75 Å². The van der Waals surface area contributed by atoms with Gasteiger partial charge in [-0.25, -0.2) is 0 Å². The number of aryl methyl sites for hydroxylation is 3. The molecule has 2 nitrogen and oxygen atoms in total. The number of carbonyl (C=O) groups excluding carboxylic acids is 1. The highest BCUT2D eigenvalue weighted by Crippen LogP contribution is 2.12. The van der Waals surface area contributed by atoms with E-state index in [0.29, 0.717) is 11.3 Å². The van der Waals surface area contributed by atoms with Crippen molar-refractivity contribution in [2.75, 3.05) is 5.75 Å². The summed E-state index contributed by atoms with van der Waals surface area (Å²) >= 11 is 0. The van der Waals surface area contributed by atoms with Crippen LogP contribution in [0.2, 0.25) is 0 Å². The summed E-state index contributed by atoms with van der Waals surface area (Å²) in [7, 11) is -1.17. The minimum Gasteiger partial charge on any atom is -0.293 e. The van der Waals surface area contributed by atoms with E-state index in [0.717, 1.165) is 22.3 Å².